The number of nitriles is 1. The predicted octanol–water partition coefficient (Wildman–Crippen LogP) is 3.29. The number of hydrogen-bond donors (Lipinski definition) is 1. The third-order valence-corrected chi connectivity index (χ3v) is 6.77. The number of aliphatic carboxylic acids is 1. The van der Waals surface area contributed by atoms with E-state index in [1.165, 1.54) is 0 Å². The van der Waals surface area contributed by atoms with Gasteiger partial charge in [-0.15, -0.1) is 0 Å². The molecule has 0 atom stereocenters. The minimum atomic E-state index is -0.902. The molecule has 1 aliphatic rings. The van der Waals surface area contributed by atoms with Crippen molar-refractivity contribution in [2.24, 2.45) is 5.41 Å². The van der Waals surface area contributed by atoms with Gasteiger partial charge in [-0.2, -0.15) is 5.26 Å². The summed E-state index contributed by atoms with van der Waals surface area (Å²) in [5, 5.41) is 19.0. The highest BCUT2D eigenvalue weighted by atomic mass is 16.5. The van der Waals surface area contributed by atoms with E-state index < -0.39 is 11.4 Å². The molecule has 180 valence electrons. The first-order valence-corrected chi connectivity index (χ1v) is 11.5. The van der Waals surface area contributed by atoms with E-state index in [4.69, 9.17) is 10.00 Å². The number of piperidine rings is 1. The largest absolute Gasteiger partial charge is 0.497 e. The molecular formula is C27H28N4O4. The maximum absolute atomic E-state index is 13.1. The molecule has 4 rings (SSSR count). The predicted molar refractivity (Wildman–Crippen MR) is 129 cm³/mol. The number of carboxylic acids is 1. The number of hydrogen-bond acceptors (Lipinski definition) is 5. The molecule has 2 heterocycles. The molecule has 0 aliphatic carbocycles. The number of ether oxygens (including phenoxy) is 1. The molecule has 8 heteroatoms. The highest BCUT2D eigenvalue weighted by molar-refractivity contribution is 5.80. The third-order valence-electron chi connectivity index (χ3n) is 6.77. The van der Waals surface area contributed by atoms with Crippen molar-refractivity contribution in [3.05, 3.63) is 83.4 Å². The van der Waals surface area contributed by atoms with Crippen molar-refractivity contribution >= 4 is 11.9 Å². The van der Waals surface area contributed by atoms with Crippen LogP contribution in [0.25, 0.3) is 0 Å². The lowest BCUT2D eigenvalue weighted by Gasteiger charge is -2.39. The Balaban J connectivity index is 1.38. The molecule has 1 N–H and O–H groups in total. The average Bonchev–Trinajstić information content (AvgIpc) is 3.31. The number of methoxy groups -OCH3 is 1. The van der Waals surface area contributed by atoms with Gasteiger partial charge in [-0.3, -0.25) is 9.59 Å². The summed E-state index contributed by atoms with van der Waals surface area (Å²) in [7, 11) is 1.59. The van der Waals surface area contributed by atoms with Crippen molar-refractivity contribution in [2.75, 3.05) is 20.2 Å². The number of rotatable bonds is 8. The van der Waals surface area contributed by atoms with Crippen LogP contribution >= 0.6 is 0 Å². The number of nitrogens with zero attached hydrogens (tertiary/aromatic N) is 4. The fourth-order valence-electron chi connectivity index (χ4n) is 4.61. The Bertz CT molecular complexity index is 1230. The topological polar surface area (TPSA) is 108 Å². The summed E-state index contributed by atoms with van der Waals surface area (Å²) in [5.41, 5.74) is 2.42. The Morgan fingerprint density at radius 2 is 1.89 bits per heavy atom. The van der Waals surface area contributed by atoms with Gasteiger partial charge in [0.05, 0.1) is 36.9 Å². The Kier molecular flexibility index (Phi) is 7.16. The van der Waals surface area contributed by atoms with Crippen molar-refractivity contribution in [1.82, 2.24) is 14.5 Å². The smallest absolute Gasteiger partial charge is 0.310 e. The summed E-state index contributed by atoms with van der Waals surface area (Å²) < 4.78 is 7.20. The Morgan fingerprint density at radius 3 is 2.54 bits per heavy atom. The fourth-order valence-corrected chi connectivity index (χ4v) is 4.61. The van der Waals surface area contributed by atoms with E-state index in [2.05, 4.69) is 11.1 Å². The summed E-state index contributed by atoms with van der Waals surface area (Å²) >= 11 is 0. The monoisotopic (exact) mass is 472 g/mol. The first-order chi connectivity index (χ1) is 16.9. The van der Waals surface area contributed by atoms with Crippen LogP contribution in [0.5, 0.6) is 5.75 Å². The highest BCUT2D eigenvalue weighted by Gasteiger charge is 2.42. The molecule has 1 amide bonds. The van der Waals surface area contributed by atoms with Crippen LogP contribution in [0.4, 0.5) is 0 Å². The molecule has 8 nitrogen and oxygen atoms in total. The minimum Gasteiger partial charge on any atom is -0.497 e. The van der Waals surface area contributed by atoms with Crippen molar-refractivity contribution in [1.29, 1.82) is 5.26 Å². The van der Waals surface area contributed by atoms with Crippen LogP contribution < -0.4 is 4.74 Å². The van der Waals surface area contributed by atoms with Crippen molar-refractivity contribution < 1.29 is 19.4 Å². The zero-order chi connectivity index (χ0) is 24.8. The lowest BCUT2D eigenvalue weighted by atomic mass is 9.73. The summed E-state index contributed by atoms with van der Waals surface area (Å²) in [4.78, 5) is 31.3. The van der Waals surface area contributed by atoms with Crippen molar-refractivity contribution in [2.45, 2.75) is 32.2 Å². The van der Waals surface area contributed by atoms with Crippen molar-refractivity contribution in [3.8, 4) is 11.8 Å². The molecule has 35 heavy (non-hydrogen) atoms. The van der Waals surface area contributed by atoms with Gasteiger partial charge in [-0.25, -0.2) is 4.98 Å². The van der Waals surface area contributed by atoms with Gasteiger partial charge in [0.1, 0.15) is 5.75 Å². The van der Waals surface area contributed by atoms with Gasteiger partial charge in [0.15, 0.2) is 0 Å². The van der Waals surface area contributed by atoms with E-state index in [0.29, 0.717) is 50.2 Å². The van der Waals surface area contributed by atoms with Gasteiger partial charge in [0, 0.05) is 31.5 Å². The summed E-state index contributed by atoms with van der Waals surface area (Å²) in [6.45, 7) is 1.36. The zero-order valence-electron chi connectivity index (χ0n) is 19.7. The molecule has 1 aromatic heterocycles. The van der Waals surface area contributed by atoms with E-state index in [0.717, 1.165) is 16.8 Å². The van der Waals surface area contributed by atoms with Crippen LogP contribution in [-0.4, -0.2) is 51.6 Å². The molecule has 1 aliphatic heterocycles. The number of benzene rings is 2. The summed E-state index contributed by atoms with van der Waals surface area (Å²) in [6.07, 6.45) is 4.78. The number of imidazole rings is 1. The minimum absolute atomic E-state index is 0.0352. The van der Waals surface area contributed by atoms with Crippen LogP contribution in [0.15, 0.2) is 61.1 Å². The number of likely N-dealkylation sites (tertiary alicyclic amines) is 1. The summed E-state index contributed by atoms with van der Waals surface area (Å²) in [5.74, 6) is -0.159. The lowest BCUT2D eigenvalue weighted by molar-refractivity contribution is -0.154. The number of aromatic nitrogens is 2. The number of carbonyl (C=O) groups is 2. The number of carboxylic acid groups (broad SMARTS) is 1. The summed E-state index contributed by atoms with van der Waals surface area (Å²) in [6, 6.07) is 16.9. The maximum atomic E-state index is 13.1. The molecule has 0 unspecified atom stereocenters. The second-order valence-corrected chi connectivity index (χ2v) is 8.99. The molecule has 2 aromatic carbocycles. The van der Waals surface area contributed by atoms with E-state index in [1.807, 2.05) is 41.0 Å². The van der Waals surface area contributed by atoms with Crippen LogP contribution in [0.1, 0.15) is 35.2 Å². The number of amides is 1. The third kappa shape index (κ3) is 5.52. The second-order valence-electron chi connectivity index (χ2n) is 8.99. The molecule has 1 fully saturated rings. The van der Waals surface area contributed by atoms with E-state index in [1.54, 1.807) is 36.7 Å². The fraction of sp³-hybridized carbons (Fsp3) is 0.333. The number of carbonyl (C=O) groups excluding carboxylic acids is 1. The molecule has 0 spiro atoms. The Hall–Kier alpha value is -4.12. The average molecular weight is 473 g/mol. The molecule has 0 bridgehead atoms. The molecule has 0 saturated carbocycles. The SMILES string of the molecule is COc1cccc(CC2(C(=O)O)CCN(C(=O)Cc3cncn3Cc3ccc(C#N)cc3)CC2)c1. The quantitative estimate of drug-likeness (QED) is 0.539. The second kappa shape index (κ2) is 10.4. The van der Waals surface area contributed by atoms with E-state index >= 15 is 0 Å². The van der Waals surface area contributed by atoms with Gasteiger partial charge < -0.3 is 19.3 Å². The maximum Gasteiger partial charge on any atom is 0.310 e. The van der Waals surface area contributed by atoms with Gasteiger partial charge in [0.2, 0.25) is 5.91 Å². The first kappa shape index (κ1) is 24.0. The normalized spacial score (nSPS) is 14.8. The van der Waals surface area contributed by atoms with Gasteiger partial charge in [-0.1, -0.05) is 24.3 Å². The van der Waals surface area contributed by atoms with E-state index in [9.17, 15) is 14.7 Å². The van der Waals surface area contributed by atoms with Gasteiger partial charge in [-0.05, 0) is 54.7 Å². The van der Waals surface area contributed by atoms with Crippen molar-refractivity contribution in [3.63, 3.8) is 0 Å². The van der Waals surface area contributed by atoms with Gasteiger partial charge >= 0.3 is 5.97 Å². The Morgan fingerprint density at radius 1 is 1.14 bits per heavy atom. The zero-order valence-corrected chi connectivity index (χ0v) is 19.7. The van der Waals surface area contributed by atoms with E-state index in [-0.39, 0.29) is 12.3 Å². The molecule has 3 aromatic rings. The molecule has 0 radical (unpaired) electrons. The van der Waals surface area contributed by atoms with Crippen LogP contribution in [0, 0.1) is 16.7 Å². The standard InChI is InChI=1S/C27H28N4O4/c1-35-24-4-2-3-22(13-24)15-27(26(33)34)9-11-30(12-10-27)25(32)14-23-17-29-19-31(23)18-21-7-5-20(16-28)6-8-21/h2-8,13,17,19H,9-12,14-15,18H2,1H3,(H,33,34). The van der Waals surface area contributed by atoms with Crippen LogP contribution in [0.2, 0.25) is 0 Å². The van der Waals surface area contributed by atoms with Crippen LogP contribution in [0.3, 0.4) is 0 Å². The first-order valence-electron chi connectivity index (χ1n) is 11.5. The molecule has 1 saturated heterocycles. The highest BCUT2D eigenvalue weighted by Crippen LogP contribution is 2.36. The van der Waals surface area contributed by atoms with Crippen LogP contribution in [-0.2, 0) is 29.0 Å². The molecular weight excluding hydrogens is 444 g/mol. The Labute approximate surface area is 204 Å². The van der Waals surface area contributed by atoms with Gasteiger partial charge in [0.25, 0.3) is 0 Å². The lowest BCUT2D eigenvalue weighted by Crippen LogP contribution is -2.48.